The van der Waals surface area contributed by atoms with Gasteiger partial charge in [0.15, 0.2) is 0 Å². The summed E-state index contributed by atoms with van der Waals surface area (Å²) in [6.07, 6.45) is 3.51. The topological polar surface area (TPSA) is 52.2 Å². The predicted octanol–water partition coefficient (Wildman–Crippen LogP) is 2.52. The van der Waals surface area contributed by atoms with E-state index in [0.717, 1.165) is 49.3 Å². The number of aromatic amines is 1. The highest BCUT2D eigenvalue weighted by molar-refractivity contribution is 6.05. The van der Waals surface area contributed by atoms with Crippen LogP contribution in [0.3, 0.4) is 0 Å². The lowest BCUT2D eigenvalue weighted by atomic mass is 10.1. The molecule has 5 heteroatoms. The predicted molar refractivity (Wildman–Crippen MR) is 93.7 cm³/mol. The van der Waals surface area contributed by atoms with Gasteiger partial charge in [-0.2, -0.15) is 0 Å². The van der Waals surface area contributed by atoms with Gasteiger partial charge in [0.2, 0.25) is 0 Å². The Morgan fingerprint density at radius 3 is 2.62 bits per heavy atom. The molecule has 0 radical (unpaired) electrons. The van der Waals surface area contributed by atoms with Gasteiger partial charge in [-0.3, -0.25) is 9.69 Å². The number of rotatable bonds is 3. The number of hydrogen-bond acceptors (Lipinski definition) is 3. The lowest BCUT2D eigenvalue weighted by Gasteiger charge is -2.34. The van der Waals surface area contributed by atoms with Crippen LogP contribution in [0.2, 0.25) is 0 Å². The molecule has 5 nitrogen and oxygen atoms in total. The van der Waals surface area contributed by atoms with E-state index in [1.54, 1.807) is 12.4 Å². The molecule has 1 aliphatic heterocycles. The van der Waals surface area contributed by atoms with E-state index in [1.807, 2.05) is 23.1 Å². The van der Waals surface area contributed by atoms with Crippen LogP contribution in [-0.4, -0.2) is 51.9 Å². The number of carbonyl (C=O) groups excluding carboxylic acids is 1. The third kappa shape index (κ3) is 2.90. The molecule has 122 valence electrons. The van der Waals surface area contributed by atoms with Gasteiger partial charge < -0.3 is 9.88 Å². The third-order valence-electron chi connectivity index (χ3n) is 4.59. The lowest BCUT2D eigenvalue weighted by molar-refractivity contribution is 0.0630. The number of piperazine rings is 1. The molecule has 1 amide bonds. The Bertz CT molecular complexity index is 835. The van der Waals surface area contributed by atoms with Gasteiger partial charge in [0.1, 0.15) is 5.65 Å². The molecule has 3 heterocycles. The zero-order valence-electron chi connectivity index (χ0n) is 13.5. The summed E-state index contributed by atoms with van der Waals surface area (Å²) >= 11 is 0. The van der Waals surface area contributed by atoms with Crippen LogP contribution < -0.4 is 0 Å². The van der Waals surface area contributed by atoms with Crippen LogP contribution in [0.15, 0.2) is 54.9 Å². The molecule has 0 unspecified atom stereocenters. The molecule has 0 atom stereocenters. The van der Waals surface area contributed by atoms with Crippen LogP contribution in [-0.2, 0) is 6.54 Å². The summed E-state index contributed by atoms with van der Waals surface area (Å²) in [5.74, 6) is 0.0913. The molecule has 3 aromatic rings. The van der Waals surface area contributed by atoms with Crippen molar-refractivity contribution in [2.45, 2.75) is 6.54 Å². The standard InChI is InChI=1S/C19H20N4O/c24-19(17-13-21-18-16(17)7-4-8-20-18)23-11-9-22(10-12-23)14-15-5-2-1-3-6-15/h1-8,13H,9-12,14H2,(H,20,21). The largest absolute Gasteiger partial charge is 0.345 e. The van der Waals surface area contributed by atoms with E-state index in [1.165, 1.54) is 5.56 Å². The molecule has 1 aliphatic rings. The maximum Gasteiger partial charge on any atom is 0.256 e. The highest BCUT2D eigenvalue weighted by Gasteiger charge is 2.24. The van der Waals surface area contributed by atoms with Crippen LogP contribution in [0.4, 0.5) is 0 Å². The molecule has 1 fully saturated rings. The van der Waals surface area contributed by atoms with E-state index < -0.39 is 0 Å². The Kier molecular flexibility index (Phi) is 4.01. The molecule has 24 heavy (non-hydrogen) atoms. The first-order valence-electron chi connectivity index (χ1n) is 8.29. The molecular formula is C19H20N4O. The fraction of sp³-hybridized carbons (Fsp3) is 0.263. The Labute approximate surface area is 140 Å². The Morgan fingerprint density at radius 2 is 1.83 bits per heavy atom. The maximum atomic E-state index is 12.8. The van der Waals surface area contributed by atoms with E-state index in [0.29, 0.717) is 0 Å². The molecule has 4 rings (SSSR count). The first kappa shape index (κ1) is 14.9. The minimum absolute atomic E-state index is 0.0913. The molecule has 0 saturated carbocycles. The molecule has 0 spiro atoms. The Balaban J connectivity index is 1.41. The third-order valence-corrected chi connectivity index (χ3v) is 4.59. The minimum Gasteiger partial charge on any atom is -0.345 e. The highest BCUT2D eigenvalue weighted by atomic mass is 16.2. The summed E-state index contributed by atoms with van der Waals surface area (Å²) in [6, 6.07) is 14.3. The highest BCUT2D eigenvalue weighted by Crippen LogP contribution is 2.19. The number of benzene rings is 1. The number of amides is 1. The Morgan fingerprint density at radius 1 is 1.04 bits per heavy atom. The fourth-order valence-corrected chi connectivity index (χ4v) is 3.25. The normalized spacial score (nSPS) is 15.8. The number of nitrogens with one attached hydrogen (secondary N) is 1. The van der Waals surface area contributed by atoms with Crippen molar-refractivity contribution in [2.24, 2.45) is 0 Å². The number of carbonyl (C=O) groups is 1. The van der Waals surface area contributed by atoms with Crippen molar-refractivity contribution < 1.29 is 4.79 Å². The van der Waals surface area contributed by atoms with Crippen LogP contribution in [0.1, 0.15) is 15.9 Å². The van der Waals surface area contributed by atoms with Crippen LogP contribution in [0.5, 0.6) is 0 Å². The van der Waals surface area contributed by atoms with Gasteiger partial charge in [0.05, 0.1) is 5.56 Å². The maximum absolute atomic E-state index is 12.8. The second-order valence-electron chi connectivity index (χ2n) is 6.16. The van der Waals surface area contributed by atoms with E-state index in [-0.39, 0.29) is 5.91 Å². The number of fused-ring (bicyclic) bond motifs is 1. The summed E-state index contributed by atoms with van der Waals surface area (Å²) < 4.78 is 0. The van der Waals surface area contributed by atoms with Crippen molar-refractivity contribution >= 4 is 16.9 Å². The van der Waals surface area contributed by atoms with Gasteiger partial charge in [0.25, 0.3) is 5.91 Å². The van der Waals surface area contributed by atoms with Crippen molar-refractivity contribution in [3.63, 3.8) is 0 Å². The van der Waals surface area contributed by atoms with E-state index in [4.69, 9.17) is 0 Å². The number of aromatic nitrogens is 2. The van der Waals surface area contributed by atoms with Gasteiger partial charge in [-0.1, -0.05) is 30.3 Å². The number of pyridine rings is 1. The van der Waals surface area contributed by atoms with Crippen molar-refractivity contribution in [1.29, 1.82) is 0 Å². The molecule has 0 aliphatic carbocycles. The van der Waals surface area contributed by atoms with Crippen molar-refractivity contribution in [3.05, 3.63) is 66.0 Å². The smallest absolute Gasteiger partial charge is 0.256 e. The number of hydrogen-bond donors (Lipinski definition) is 1. The van der Waals surface area contributed by atoms with Gasteiger partial charge in [-0.15, -0.1) is 0 Å². The van der Waals surface area contributed by atoms with Crippen molar-refractivity contribution in [3.8, 4) is 0 Å². The summed E-state index contributed by atoms with van der Waals surface area (Å²) in [6.45, 7) is 4.28. The Hall–Kier alpha value is -2.66. The number of H-pyrrole nitrogens is 1. The van der Waals surface area contributed by atoms with Gasteiger partial charge in [-0.05, 0) is 17.7 Å². The molecule has 1 aromatic carbocycles. The van der Waals surface area contributed by atoms with Gasteiger partial charge >= 0.3 is 0 Å². The van der Waals surface area contributed by atoms with Crippen LogP contribution >= 0.6 is 0 Å². The molecule has 1 saturated heterocycles. The first-order chi connectivity index (χ1) is 11.8. The van der Waals surface area contributed by atoms with E-state index >= 15 is 0 Å². The fourth-order valence-electron chi connectivity index (χ4n) is 3.25. The zero-order chi connectivity index (χ0) is 16.4. The summed E-state index contributed by atoms with van der Waals surface area (Å²) in [7, 11) is 0. The van der Waals surface area contributed by atoms with Crippen molar-refractivity contribution in [1.82, 2.24) is 19.8 Å². The molecule has 0 bridgehead atoms. The number of nitrogens with zero attached hydrogens (tertiary/aromatic N) is 3. The average molecular weight is 320 g/mol. The monoisotopic (exact) mass is 320 g/mol. The van der Waals surface area contributed by atoms with Crippen molar-refractivity contribution in [2.75, 3.05) is 26.2 Å². The summed E-state index contributed by atoms with van der Waals surface area (Å²) in [5, 5.41) is 0.897. The lowest BCUT2D eigenvalue weighted by Crippen LogP contribution is -2.48. The van der Waals surface area contributed by atoms with E-state index in [2.05, 4.69) is 39.1 Å². The van der Waals surface area contributed by atoms with Crippen LogP contribution in [0.25, 0.3) is 11.0 Å². The molecule has 1 N–H and O–H groups in total. The first-order valence-corrected chi connectivity index (χ1v) is 8.29. The molecule has 2 aromatic heterocycles. The summed E-state index contributed by atoms with van der Waals surface area (Å²) in [4.78, 5) is 24.5. The van der Waals surface area contributed by atoms with Gasteiger partial charge in [0, 0.05) is 50.5 Å². The summed E-state index contributed by atoms with van der Waals surface area (Å²) in [5.41, 5.74) is 2.80. The molecular weight excluding hydrogens is 300 g/mol. The van der Waals surface area contributed by atoms with E-state index in [9.17, 15) is 4.79 Å². The quantitative estimate of drug-likeness (QED) is 0.807. The second kappa shape index (κ2) is 6.45. The van der Waals surface area contributed by atoms with Crippen LogP contribution in [0, 0.1) is 0 Å². The minimum atomic E-state index is 0.0913. The SMILES string of the molecule is O=C(c1c[nH]c2ncccc12)N1CCN(Cc2ccccc2)CC1. The van der Waals surface area contributed by atoms with Gasteiger partial charge in [-0.25, -0.2) is 4.98 Å². The zero-order valence-corrected chi connectivity index (χ0v) is 13.5. The second-order valence-corrected chi connectivity index (χ2v) is 6.16. The average Bonchev–Trinajstić information content (AvgIpc) is 3.07.